The van der Waals surface area contributed by atoms with Crippen LogP contribution in [0.2, 0.25) is 10.0 Å². The van der Waals surface area contributed by atoms with E-state index in [1.54, 1.807) is 29.5 Å². The number of benzene rings is 1. The molecular weight excluding hydrogens is 417 g/mol. The molecule has 142 valence electrons. The van der Waals surface area contributed by atoms with Crippen LogP contribution in [0.5, 0.6) is 0 Å². The van der Waals surface area contributed by atoms with Crippen molar-refractivity contribution in [2.45, 2.75) is 24.7 Å². The number of aromatic amines is 2. The Balaban J connectivity index is 1.71. The lowest BCUT2D eigenvalue weighted by Crippen LogP contribution is -2.31. The summed E-state index contributed by atoms with van der Waals surface area (Å²) in [4.78, 5) is 27.0. The van der Waals surface area contributed by atoms with Crippen LogP contribution < -0.4 is 10.9 Å². The van der Waals surface area contributed by atoms with Gasteiger partial charge < -0.3 is 5.32 Å². The molecule has 3 N–H and O–H groups in total. The Morgan fingerprint density at radius 2 is 1.75 bits per heavy atom. The maximum Gasteiger partial charge on any atom is 0.270 e. The van der Waals surface area contributed by atoms with Gasteiger partial charge in [0.2, 0.25) is 0 Å². The first kappa shape index (κ1) is 17.8. The predicted molar refractivity (Wildman–Crippen MR) is 112 cm³/mol. The van der Waals surface area contributed by atoms with Crippen LogP contribution in [0, 0.1) is 0 Å². The topological polar surface area (TPSA) is 77.8 Å². The van der Waals surface area contributed by atoms with E-state index in [9.17, 15) is 9.59 Å². The lowest BCUT2D eigenvalue weighted by Gasteiger charge is -2.34. The predicted octanol–water partition coefficient (Wildman–Crippen LogP) is 5.03. The van der Waals surface area contributed by atoms with Crippen molar-refractivity contribution in [3.63, 3.8) is 0 Å². The summed E-state index contributed by atoms with van der Waals surface area (Å²) in [5.41, 5.74) is 2.15. The Bertz CT molecular complexity index is 1160. The number of hydrogen-bond donors (Lipinski definition) is 3. The summed E-state index contributed by atoms with van der Waals surface area (Å²) in [5, 5.41) is 11.7. The van der Waals surface area contributed by atoms with Crippen LogP contribution in [0.4, 0.5) is 5.82 Å². The van der Waals surface area contributed by atoms with E-state index in [0.29, 0.717) is 45.4 Å². The zero-order valence-electron chi connectivity index (χ0n) is 14.5. The van der Waals surface area contributed by atoms with E-state index in [0.717, 1.165) is 5.70 Å². The molecule has 2 atom stereocenters. The van der Waals surface area contributed by atoms with Crippen LogP contribution >= 0.6 is 34.5 Å². The number of hydrogen-bond acceptors (Lipinski definition) is 4. The first-order chi connectivity index (χ1) is 13.5. The van der Waals surface area contributed by atoms with Gasteiger partial charge in [-0.15, -0.1) is 11.3 Å². The molecule has 3 heterocycles. The molecule has 1 aliphatic carbocycles. The minimum Gasteiger partial charge on any atom is -0.343 e. The second kappa shape index (κ2) is 6.65. The van der Waals surface area contributed by atoms with Gasteiger partial charge in [-0.1, -0.05) is 35.3 Å². The molecule has 28 heavy (non-hydrogen) atoms. The third kappa shape index (κ3) is 2.67. The highest BCUT2D eigenvalue weighted by Gasteiger charge is 2.42. The molecule has 2 aromatic heterocycles. The van der Waals surface area contributed by atoms with Gasteiger partial charge in [0.1, 0.15) is 5.82 Å². The minimum atomic E-state index is -0.598. The van der Waals surface area contributed by atoms with Gasteiger partial charge >= 0.3 is 0 Å². The number of fused-ring (bicyclic) bond motifs is 1. The molecule has 3 aromatic rings. The minimum absolute atomic E-state index is 0.0133. The normalized spacial score (nSPS) is 21.3. The number of aromatic nitrogens is 2. The molecule has 0 spiro atoms. The van der Waals surface area contributed by atoms with Crippen LogP contribution in [0.25, 0.3) is 0 Å². The van der Waals surface area contributed by atoms with E-state index in [-0.39, 0.29) is 17.3 Å². The van der Waals surface area contributed by atoms with Crippen LogP contribution in [-0.4, -0.2) is 16.0 Å². The average molecular weight is 432 g/mol. The third-order valence-corrected chi connectivity index (χ3v) is 7.10. The average Bonchev–Trinajstić information content (AvgIpc) is 3.31. The largest absolute Gasteiger partial charge is 0.343 e. The van der Waals surface area contributed by atoms with Gasteiger partial charge in [-0.25, -0.2) is 0 Å². The standard InChI is InChI=1S/C20H15Cl2N3O2S/c21-10-3-1-4-11(22)15(10)17-16-12(23-19-18(17)20(27)25-24-19)7-9(8-13(16)26)14-5-2-6-28-14/h1-6,9,17H,7-8H2,(H3,23,24,25,27). The number of thiophene rings is 1. The van der Waals surface area contributed by atoms with Crippen LogP contribution in [0.1, 0.15) is 40.7 Å². The highest BCUT2D eigenvalue weighted by atomic mass is 35.5. The molecule has 0 fully saturated rings. The fourth-order valence-electron chi connectivity index (χ4n) is 4.22. The van der Waals surface area contributed by atoms with E-state index >= 15 is 0 Å². The highest BCUT2D eigenvalue weighted by Crippen LogP contribution is 2.49. The molecule has 0 bridgehead atoms. The van der Waals surface area contributed by atoms with Crippen molar-refractivity contribution >= 4 is 46.1 Å². The number of rotatable bonds is 2. The Morgan fingerprint density at radius 3 is 2.46 bits per heavy atom. The molecule has 2 aliphatic rings. The summed E-state index contributed by atoms with van der Waals surface area (Å²) in [6.45, 7) is 0. The van der Waals surface area contributed by atoms with Gasteiger partial charge in [0.05, 0.1) is 11.5 Å². The Kier molecular flexibility index (Phi) is 4.23. The second-order valence-corrected chi connectivity index (χ2v) is 8.79. The summed E-state index contributed by atoms with van der Waals surface area (Å²) in [6.07, 6.45) is 1.09. The molecular formula is C20H15Cl2N3O2S. The zero-order valence-corrected chi connectivity index (χ0v) is 16.8. The zero-order chi connectivity index (χ0) is 19.4. The third-order valence-electron chi connectivity index (χ3n) is 5.41. The fourth-order valence-corrected chi connectivity index (χ4v) is 5.67. The summed E-state index contributed by atoms with van der Waals surface area (Å²) >= 11 is 14.6. The van der Waals surface area contributed by atoms with E-state index in [2.05, 4.69) is 21.6 Å². The molecule has 0 saturated heterocycles. The summed E-state index contributed by atoms with van der Waals surface area (Å²) in [5.74, 6) is 0.0938. The van der Waals surface area contributed by atoms with E-state index in [4.69, 9.17) is 23.2 Å². The van der Waals surface area contributed by atoms with Crippen molar-refractivity contribution < 1.29 is 4.79 Å². The van der Waals surface area contributed by atoms with E-state index in [1.807, 2.05) is 11.4 Å². The monoisotopic (exact) mass is 431 g/mol. The fraction of sp³-hybridized carbons (Fsp3) is 0.200. The number of carbonyl (C=O) groups excluding carboxylic acids is 1. The molecule has 0 amide bonds. The highest BCUT2D eigenvalue weighted by molar-refractivity contribution is 7.10. The van der Waals surface area contributed by atoms with E-state index < -0.39 is 5.92 Å². The van der Waals surface area contributed by atoms with Crippen molar-refractivity contribution in [3.05, 3.63) is 83.4 Å². The van der Waals surface area contributed by atoms with Crippen LogP contribution in [0.3, 0.4) is 0 Å². The second-order valence-electron chi connectivity index (χ2n) is 7.00. The summed E-state index contributed by atoms with van der Waals surface area (Å²) < 4.78 is 0. The maximum atomic E-state index is 13.3. The molecule has 0 radical (unpaired) electrons. The molecule has 1 aliphatic heterocycles. The Labute approximate surface area is 174 Å². The number of allylic oxidation sites excluding steroid dienone is 2. The Hall–Kier alpha value is -2.28. The molecule has 5 rings (SSSR count). The summed E-state index contributed by atoms with van der Waals surface area (Å²) in [7, 11) is 0. The first-order valence-corrected chi connectivity index (χ1v) is 10.5. The maximum absolute atomic E-state index is 13.3. The van der Waals surface area contributed by atoms with Gasteiger partial charge in [0, 0.05) is 44.1 Å². The number of halogens is 2. The number of H-pyrrole nitrogens is 2. The number of Topliss-reactive ketones (excluding diaryl/α,β-unsaturated/α-hetero) is 1. The van der Waals surface area contributed by atoms with Crippen LogP contribution in [0.15, 0.2) is 51.8 Å². The van der Waals surface area contributed by atoms with Crippen molar-refractivity contribution in [2.75, 3.05) is 5.32 Å². The van der Waals surface area contributed by atoms with Crippen molar-refractivity contribution in [1.29, 1.82) is 0 Å². The lowest BCUT2D eigenvalue weighted by molar-refractivity contribution is -0.116. The Morgan fingerprint density at radius 1 is 0.964 bits per heavy atom. The number of nitrogens with one attached hydrogen (secondary N) is 3. The van der Waals surface area contributed by atoms with Gasteiger partial charge in [0.15, 0.2) is 5.78 Å². The molecule has 5 nitrogen and oxygen atoms in total. The van der Waals surface area contributed by atoms with Gasteiger partial charge in [0.25, 0.3) is 5.56 Å². The van der Waals surface area contributed by atoms with Crippen molar-refractivity contribution in [3.8, 4) is 0 Å². The molecule has 2 unspecified atom stereocenters. The number of ketones is 1. The van der Waals surface area contributed by atoms with Crippen molar-refractivity contribution in [2.24, 2.45) is 0 Å². The first-order valence-electron chi connectivity index (χ1n) is 8.85. The lowest BCUT2D eigenvalue weighted by atomic mass is 9.74. The van der Waals surface area contributed by atoms with Gasteiger partial charge in [-0.2, -0.15) is 0 Å². The number of anilines is 1. The van der Waals surface area contributed by atoms with Crippen molar-refractivity contribution in [1.82, 2.24) is 10.2 Å². The van der Waals surface area contributed by atoms with Crippen LogP contribution in [-0.2, 0) is 4.79 Å². The molecule has 0 saturated carbocycles. The SMILES string of the molecule is O=C1CC(c2cccs2)CC2=C1C(c1c(Cl)cccc1Cl)c1c([nH][nH]c1=O)N2. The number of carbonyl (C=O) groups is 1. The smallest absolute Gasteiger partial charge is 0.270 e. The van der Waals surface area contributed by atoms with E-state index in [1.165, 1.54) is 4.88 Å². The van der Waals surface area contributed by atoms with Gasteiger partial charge in [-0.3, -0.25) is 19.8 Å². The van der Waals surface area contributed by atoms with Gasteiger partial charge in [-0.05, 0) is 30.0 Å². The molecule has 1 aromatic carbocycles. The molecule has 8 heteroatoms. The summed E-state index contributed by atoms with van der Waals surface area (Å²) in [6, 6.07) is 9.27. The quantitative estimate of drug-likeness (QED) is 0.532.